The van der Waals surface area contributed by atoms with Gasteiger partial charge < -0.3 is 20.1 Å². The van der Waals surface area contributed by atoms with Crippen LogP contribution in [-0.4, -0.2) is 47.0 Å². The van der Waals surface area contributed by atoms with Crippen LogP contribution in [0.4, 0.5) is 14.9 Å². The first-order valence-electron chi connectivity index (χ1n) is 11.7. The number of amides is 2. The zero-order valence-electron chi connectivity index (χ0n) is 19.5. The quantitative estimate of drug-likeness (QED) is 0.475. The number of hydrogen-bond acceptors (Lipinski definition) is 3. The Morgan fingerprint density at radius 2 is 1.94 bits per heavy atom. The van der Waals surface area contributed by atoms with Crippen molar-refractivity contribution >= 4 is 34.1 Å². The molecular formula is C26H30ClFN4O2. The molecule has 1 aromatic heterocycles. The molecule has 1 saturated heterocycles. The summed E-state index contributed by atoms with van der Waals surface area (Å²) < 4.78 is 13.6. The van der Waals surface area contributed by atoms with Gasteiger partial charge >= 0.3 is 6.03 Å². The highest BCUT2D eigenvalue weighted by Gasteiger charge is 2.28. The van der Waals surface area contributed by atoms with Crippen molar-refractivity contribution in [2.75, 3.05) is 31.5 Å². The minimum absolute atomic E-state index is 0.0454. The van der Waals surface area contributed by atoms with E-state index in [0.29, 0.717) is 23.5 Å². The van der Waals surface area contributed by atoms with Gasteiger partial charge in [0.15, 0.2) is 0 Å². The van der Waals surface area contributed by atoms with E-state index in [9.17, 15) is 14.0 Å². The third-order valence-electron chi connectivity index (χ3n) is 6.80. The van der Waals surface area contributed by atoms with E-state index in [1.807, 2.05) is 30.0 Å². The number of aromatic nitrogens is 1. The third kappa shape index (κ3) is 5.26. The zero-order valence-corrected chi connectivity index (χ0v) is 20.2. The Labute approximate surface area is 203 Å². The van der Waals surface area contributed by atoms with Crippen molar-refractivity contribution in [1.29, 1.82) is 0 Å². The second-order valence-corrected chi connectivity index (χ2v) is 9.29. The van der Waals surface area contributed by atoms with Gasteiger partial charge in [0.2, 0.25) is 0 Å². The number of urea groups is 1. The molecule has 0 saturated carbocycles. The van der Waals surface area contributed by atoms with E-state index in [0.717, 1.165) is 43.4 Å². The highest BCUT2D eigenvalue weighted by atomic mass is 35.5. The predicted molar refractivity (Wildman–Crippen MR) is 135 cm³/mol. The van der Waals surface area contributed by atoms with Gasteiger partial charge in [0.05, 0.1) is 11.1 Å². The zero-order chi connectivity index (χ0) is 24.2. The lowest BCUT2D eigenvalue weighted by Gasteiger charge is -2.37. The number of piperidine rings is 1. The molecule has 4 rings (SSSR count). The van der Waals surface area contributed by atoms with E-state index < -0.39 is 5.82 Å². The Morgan fingerprint density at radius 1 is 1.24 bits per heavy atom. The molecule has 34 heavy (non-hydrogen) atoms. The number of rotatable bonds is 6. The van der Waals surface area contributed by atoms with E-state index in [1.165, 1.54) is 18.2 Å². The molecule has 2 heterocycles. The molecule has 180 valence electrons. The Kier molecular flexibility index (Phi) is 7.54. The van der Waals surface area contributed by atoms with Crippen LogP contribution in [0.25, 0.3) is 10.8 Å². The molecule has 3 aromatic rings. The van der Waals surface area contributed by atoms with Gasteiger partial charge in [-0.2, -0.15) is 0 Å². The fourth-order valence-corrected chi connectivity index (χ4v) is 4.88. The molecule has 8 heteroatoms. The SMILES string of the molecule is CCN1CCC(CN(C(=O)Nc2ccc(F)c(Cl)c2)C(C)c2c[nH]c(=O)c3ccccc23)CC1. The number of halogens is 2. The number of H-pyrrole nitrogens is 1. The normalized spacial score (nSPS) is 15.9. The maximum atomic E-state index is 13.6. The van der Waals surface area contributed by atoms with Crippen LogP contribution in [-0.2, 0) is 0 Å². The van der Waals surface area contributed by atoms with Crippen molar-refractivity contribution < 1.29 is 9.18 Å². The summed E-state index contributed by atoms with van der Waals surface area (Å²) in [6, 6.07) is 11.0. The Bertz CT molecular complexity index is 1220. The Morgan fingerprint density at radius 3 is 2.62 bits per heavy atom. The smallest absolute Gasteiger partial charge is 0.322 e. The Hall–Kier alpha value is -2.90. The lowest BCUT2D eigenvalue weighted by Crippen LogP contribution is -2.43. The van der Waals surface area contributed by atoms with Gasteiger partial charge in [-0.15, -0.1) is 0 Å². The number of carbonyl (C=O) groups is 1. The first-order chi connectivity index (χ1) is 16.4. The van der Waals surface area contributed by atoms with Crippen LogP contribution in [0, 0.1) is 11.7 Å². The lowest BCUT2D eigenvalue weighted by atomic mass is 9.94. The summed E-state index contributed by atoms with van der Waals surface area (Å²) in [6.45, 7) is 7.77. The molecule has 0 spiro atoms. The van der Waals surface area contributed by atoms with Gasteiger partial charge in [-0.05, 0) is 80.5 Å². The summed E-state index contributed by atoms with van der Waals surface area (Å²) in [6.07, 6.45) is 3.72. The largest absolute Gasteiger partial charge is 0.328 e. The highest BCUT2D eigenvalue weighted by molar-refractivity contribution is 6.31. The van der Waals surface area contributed by atoms with E-state index in [-0.39, 0.29) is 22.7 Å². The molecule has 2 amide bonds. The molecule has 1 aliphatic rings. The van der Waals surface area contributed by atoms with E-state index in [1.54, 1.807) is 12.3 Å². The highest BCUT2D eigenvalue weighted by Crippen LogP contribution is 2.30. The van der Waals surface area contributed by atoms with Gasteiger partial charge in [0.25, 0.3) is 5.56 Å². The van der Waals surface area contributed by atoms with Crippen LogP contribution in [0.15, 0.2) is 53.5 Å². The summed E-state index contributed by atoms with van der Waals surface area (Å²) in [5.41, 5.74) is 1.14. The molecule has 6 nitrogen and oxygen atoms in total. The molecule has 2 N–H and O–H groups in total. The van der Waals surface area contributed by atoms with Crippen LogP contribution in [0.3, 0.4) is 0 Å². The number of pyridine rings is 1. The molecule has 0 radical (unpaired) electrons. The first-order valence-corrected chi connectivity index (χ1v) is 12.1. The third-order valence-corrected chi connectivity index (χ3v) is 7.09. The van der Waals surface area contributed by atoms with E-state index in [4.69, 9.17) is 11.6 Å². The van der Waals surface area contributed by atoms with Crippen molar-refractivity contribution in [1.82, 2.24) is 14.8 Å². The second kappa shape index (κ2) is 10.6. The number of aromatic amines is 1. The van der Waals surface area contributed by atoms with Gasteiger partial charge in [-0.1, -0.05) is 36.7 Å². The number of nitrogens with one attached hydrogen (secondary N) is 2. The van der Waals surface area contributed by atoms with Crippen molar-refractivity contribution in [3.05, 3.63) is 75.4 Å². The predicted octanol–water partition coefficient (Wildman–Crippen LogP) is 5.65. The van der Waals surface area contributed by atoms with Crippen molar-refractivity contribution in [3.63, 3.8) is 0 Å². The summed E-state index contributed by atoms with van der Waals surface area (Å²) >= 11 is 5.92. The van der Waals surface area contributed by atoms with E-state index >= 15 is 0 Å². The van der Waals surface area contributed by atoms with Gasteiger partial charge in [0.1, 0.15) is 5.82 Å². The van der Waals surface area contributed by atoms with E-state index in [2.05, 4.69) is 22.1 Å². The maximum Gasteiger partial charge on any atom is 0.322 e. The summed E-state index contributed by atoms with van der Waals surface area (Å²) in [5.74, 6) is -0.172. The average Bonchev–Trinajstić information content (AvgIpc) is 2.85. The lowest BCUT2D eigenvalue weighted by molar-refractivity contribution is 0.139. The van der Waals surface area contributed by atoms with Crippen LogP contribution in [0.1, 0.15) is 38.3 Å². The minimum Gasteiger partial charge on any atom is -0.328 e. The number of hydrogen-bond donors (Lipinski definition) is 2. The van der Waals surface area contributed by atoms with Crippen LogP contribution in [0.2, 0.25) is 5.02 Å². The molecule has 1 atom stereocenters. The topological polar surface area (TPSA) is 68.4 Å². The summed E-state index contributed by atoms with van der Waals surface area (Å²) in [4.78, 5) is 32.9. The maximum absolute atomic E-state index is 13.6. The van der Waals surface area contributed by atoms with Gasteiger partial charge in [0, 0.05) is 23.8 Å². The number of benzene rings is 2. The molecular weight excluding hydrogens is 455 g/mol. The summed E-state index contributed by atoms with van der Waals surface area (Å²) in [7, 11) is 0. The first kappa shape index (κ1) is 24.2. The van der Waals surface area contributed by atoms with Crippen LogP contribution >= 0.6 is 11.6 Å². The standard InChI is InChI=1S/C26H30ClFN4O2/c1-3-31-12-10-18(11-13-31)16-32(26(34)30-19-8-9-24(28)23(27)14-19)17(2)22-15-29-25(33)21-7-5-4-6-20(21)22/h4-9,14-15,17-18H,3,10-13,16H2,1-2H3,(H,29,33)(H,30,34). The number of fused-ring (bicyclic) bond motifs is 1. The number of carbonyl (C=O) groups excluding carboxylic acids is 1. The number of nitrogens with zero attached hydrogens (tertiary/aromatic N) is 2. The molecule has 0 aliphatic carbocycles. The summed E-state index contributed by atoms with van der Waals surface area (Å²) in [5, 5.41) is 4.25. The van der Waals surface area contributed by atoms with Crippen LogP contribution in [0.5, 0.6) is 0 Å². The number of likely N-dealkylation sites (tertiary alicyclic amines) is 1. The number of anilines is 1. The van der Waals surface area contributed by atoms with Crippen molar-refractivity contribution in [2.45, 2.75) is 32.7 Å². The fraction of sp³-hybridized carbons (Fsp3) is 0.385. The molecule has 1 unspecified atom stereocenters. The second-order valence-electron chi connectivity index (χ2n) is 8.88. The molecule has 1 fully saturated rings. The molecule has 2 aromatic carbocycles. The fourth-order valence-electron chi connectivity index (χ4n) is 4.69. The Balaban J connectivity index is 1.64. The molecule has 1 aliphatic heterocycles. The van der Waals surface area contributed by atoms with Gasteiger partial charge in [-0.3, -0.25) is 4.79 Å². The van der Waals surface area contributed by atoms with Crippen molar-refractivity contribution in [3.8, 4) is 0 Å². The monoisotopic (exact) mass is 484 g/mol. The minimum atomic E-state index is -0.535. The molecule has 0 bridgehead atoms. The van der Waals surface area contributed by atoms with Gasteiger partial charge in [-0.25, -0.2) is 9.18 Å². The average molecular weight is 485 g/mol. The van der Waals surface area contributed by atoms with Crippen LogP contribution < -0.4 is 10.9 Å². The van der Waals surface area contributed by atoms with Crippen molar-refractivity contribution in [2.24, 2.45) is 5.92 Å².